The number of aliphatic hydroxyl groups excluding tert-OH is 2. The Balaban J connectivity index is 1.77. The molecule has 0 aromatic heterocycles. The lowest BCUT2D eigenvalue weighted by atomic mass is 9.80. The Morgan fingerprint density at radius 1 is 0.806 bits per heavy atom. The molecule has 1 aliphatic rings. The third kappa shape index (κ3) is 4.42. The van der Waals surface area contributed by atoms with Gasteiger partial charge in [0.25, 0.3) is 0 Å². The lowest BCUT2D eigenvalue weighted by Gasteiger charge is -2.40. The standard InChI is InChI=1S/C26H28O5/c1-29-24-17-22(27)25(28)23(31-24)18-30-26(19-11-5-2-6-12-19,20-13-7-3-8-14-20)21-15-9-4-10-16-21/h2-16,22-25,27-28H,17-18H2,1H3/t22-,23-,24+,25-/m1/s1. The smallest absolute Gasteiger partial charge is 0.160 e. The summed E-state index contributed by atoms with van der Waals surface area (Å²) in [6.07, 6.45) is -3.11. The largest absolute Gasteiger partial charge is 0.390 e. The van der Waals surface area contributed by atoms with Gasteiger partial charge in [0, 0.05) is 13.5 Å². The third-order valence-electron chi connectivity index (χ3n) is 5.80. The lowest BCUT2D eigenvalue weighted by molar-refractivity contribution is -0.256. The van der Waals surface area contributed by atoms with Crippen molar-refractivity contribution in [3.05, 3.63) is 108 Å². The van der Waals surface area contributed by atoms with Crippen molar-refractivity contribution in [1.29, 1.82) is 0 Å². The van der Waals surface area contributed by atoms with Gasteiger partial charge in [0.2, 0.25) is 0 Å². The van der Waals surface area contributed by atoms with Crippen LogP contribution in [-0.2, 0) is 19.8 Å². The quantitative estimate of drug-likeness (QED) is 0.573. The Morgan fingerprint density at radius 2 is 1.26 bits per heavy atom. The second kappa shape index (κ2) is 9.73. The van der Waals surface area contributed by atoms with Crippen LogP contribution in [0.2, 0.25) is 0 Å². The molecule has 4 rings (SSSR count). The van der Waals surface area contributed by atoms with Gasteiger partial charge >= 0.3 is 0 Å². The molecule has 0 radical (unpaired) electrons. The Kier molecular flexibility index (Phi) is 6.80. The fourth-order valence-corrected chi connectivity index (χ4v) is 4.18. The molecule has 1 saturated heterocycles. The van der Waals surface area contributed by atoms with Gasteiger partial charge in [-0.3, -0.25) is 0 Å². The van der Waals surface area contributed by atoms with Gasteiger partial charge < -0.3 is 24.4 Å². The summed E-state index contributed by atoms with van der Waals surface area (Å²) in [4.78, 5) is 0. The zero-order valence-electron chi connectivity index (χ0n) is 17.5. The molecule has 0 spiro atoms. The van der Waals surface area contributed by atoms with Crippen molar-refractivity contribution in [3.8, 4) is 0 Å². The highest BCUT2D eigenvalue weighted by Crippen LogP contribution is 2.41. The van der Waals surface area contributed by atoms with Crippen LogP contribution >= 0.6 is 0 Å². The highest BCUT2D eigenvalue weighted by Gasteiger charge is 2.42. The van der Waals surface area contributed by atoms with Gasteiger partial charge in [-0.05, 0) is 16.7 Å². The maximum Gasteiger partial charge on any atom is 0.160 e. The molecule has 3 aromatic rings. The van der Waals surface area contributed by atoms with Gasteiger partial charge in [0.1, 0.15) is 17.8 Å². The van der Waals surface area contributed by atoms with E-state index in [4.69, 9.17) is 14.2 Å². The number of hydrogen-bond acceptors (Lipinski definition) is 5. The van der Waals surface area contributed by atoms with Crippen LogP contribution in [0.1, 0.15) is 23.1 Å². The number of benzene rings is 3. The maximum absolute atomic E-state index is 10.5. The van der Waals surface area contributed by atoms with E-state index in [1.807, 2.05) is 91.0 Å². The van der Waals surface area contributed by atoms with E-state index in [2.05, 4.69) is 0 Å². The van der Waals surface area contributed by atoms with E-state index in [1.165, 1.54) is 7.11 Å². The summed E-state index contributed by atoms with van der Waals surface area (Å²) in [5.41, 5.74) is 1.96. The van der Waals surface area contributed by atoms with Gasteiger partial charge in [-0.15, -0.1) is 0 Å². The van der Waals surface area contributed by atoms with Crippen LogP contribution in [0.15, 0.2) is 91.0 Å². The molecule has 3 aromatic carbocycles. The summed E-state index contributed by atoms with van der Waals surface area (Å²) in [5.74, 6) is 0. The van der Waals surface area contributed by atoms with Crippen molar-refractivity contribution < 1.29 is 24.4 Å². The first-order chi connectivity index (χ1) is 15.1. The van der Waals surface area contributed by atoms with E-state index in [1.54, 1.807) is 0 Å². The Morgan fingerprint density at radius 3 is 1.68 bits per heavy atom. The van der Waals surface area contributed by atoms with Crippen LogP contribution in [-0.4, -0.2) is 48.5 Å². The normalized spacial score (nSPS) is 24.1. The molecule has 1 aliphatic heterocycles. The van der Waals surface area contributed by atoms with E-state index < -0.39 is 30.2 Å². The monoisotopic (exact) mass is 420 g/mol. The Hall–Kier alpha value is -2.54. The number of methoxy groups -OCH3 is 1. The average Bonchev–Trinajstić information content (AvgIpc) is 2.84. The van der Waals surface area contributed by atoms with Crippen LogP contribution in [0, 0.1) is 0 Å². The summed E-state index contributed by atoms with van der Waals surface area (Å²) < 4.78 is 17.8. The predicted octanol–water partition coefficient (Wildman–Crippen LogP) is 3.48. The van der Waals surface area contributed by atoms with Gasteiger partial charge in [0.05, 0.1) is 12.7 Å². The molecule has 2 N–H and O–H groups in total. The van der Waals surface area contributed by atoms with E-state index >= 15 is 0 Å². The van der Waals surface area contributed by atoms with Crippen molar-refractivity contribution in [1.82, 2.24) is 0 Å². The minimum Gasteiger partial charge on any atom is -0.390 e. The predicted molar refractivity (Wildman–Crippen MR) is 117 cm³/mol. The minimum absolute atomic E-state index is 0.0662. The van der Waals surface area contributed by atoms with Crippen molar-refractivity contribution in [2.24, 2.45) is 0 Å². The summed E-state index contributed by atoms with van der Waals surface area (Å²) in [6.45, 7) is 0.0662. The third-order valence-corrected chi connectivity index (χ3v) is 5.80. The molecule has 0 bridgehead atoms. The molecule has 0 amide bonds. The molecule has 31 heavy (non-hydrogen) atoms. The number of ether oxygens (including phenoxy) is 3. The zero-order valence-corrected chi connectivity index (χ0v) is 17.5. The first-order valence-corrected chi connectivity index (χ1v) is 10.5. The summed E-state index contributed by atoms with van der Waals surface area (Å²) in [7, 11) is 1.52. The Bertz CT molecular complexity index is 835. The van der Waals surface area contributed by atoms with Crippen molar-refractivity contribution in [2.75, 3.05) is 13.7 Å². The van der Waals surface area contributed by atoms with E-state index in [9.17, 15) is 10.2 Å². The van der Waals surface area contributed by atoms with Crippen LogP contribution in [0.25, 0.3) is 0 Å². The zero-order chi connectivity index (χ0) is 21.7. The van der Waals surface area contributed by atoms with Crippen LogP contribution in [0.3, 0.4) is 0 Å². The van der Waals surface area contributed by atoms with Crippen LogP contribution in [0.4, 0.5) is 0 Å². The Labute approximate surface area is 182 Å². The second-order valence-electron chi connectivity index (χ2n) is 7.72. The van der Waals surface area contributed by atoms with Gasteiger partial charge in [0.15, 0.2) is 6.29 Å². The molecular formula is C26H28O5. The molecule has 4 atom stereocenters. The topological polar surface area (TPSA) is 68.2 Å². The van der Waals surface area contributed by atoms with E-state index in [-0.39, 0.29) is 13.0 Å². The van der Waals surface area contributed by atoms with Gasteiger partial charge in [-0.1, -0.05) is 91.0 Å². The summed E-state index contributed by atoms with van der Waals surface area (Å²) in [6, 6.07) is 30.0. The number of hydrogen-bond donors (Lipinski definition) is 2. The molecule has 1 heterocycles. The molecule has 1 fully saturated rings. The summed E-state index contributed by atoms with van der Waals surface area (Å²) in [5, 5.41) is 20.8. The molecule has 162 valence electrons. The second-order valence-corrected chi connectivity index (χ2v) is 7.72. The average molecular weight is 421 g/mol. The molecular weight excluding hydrogens is 392 g/mol. The highest BCUT2D eigenvalue weighted by molar-refractivity contribution is 5.47. The van der Waals surface area contributed by atoms with Crippen LogP contribution in [0.5, 0.6) is 0 Å². The minimum atomic E-state index is -1.06. The first kappa shape index (κ1) is 21.7. The summed E-state index contributed by atoms with van der Waals surface area (Å²) >= 11 is 0. The van der Waals surface area contributed by atoms with E-state index in [0.29, 0.717) is 0 Å². The molecule has 0 saturated carbocycles. The number of rotatable bonds is 7. The molecule has 0 unspecified atom stereocenters. The maximum atomic E-state index is 10.5. The molecule has 5 nitrogen and oxygen atoms in total. The fraction of sp³-hybridized carbons (Fsp3) is 0.308. The number of aliphatic hydroxyl groups is 2. The SMILES string of the molecule is CO[C@@H]1C[C@@H](O)[C@@H](O)[C@@H](COC(c2ccccc2)(c2ccccc2)c2ccccc2)O1. The fourth-order valence-electron chi connectivity index (χ4n) is 4.18. The molecule has 0 aliphatic carbocycles. The van der Waals surface area contributed by atoms with Crippen molar-refractivity contribution >= 4 is 0 Å². The van der Waals surface area contributed by atoms with Crippen molar-refractivity contribution in [2.45, 2.75) is 36.6 Å². The highest BCUT2D eigenvalue weighted by atomic mass is 16.7. The van der Waals surface area contributed by atoms with Crippen LogP contribution < -0.4 is 0 Å². The lowest BCUT2D eigenvalue weighted by Crippen LogP contribution is -2.51. The van der Waals surface area contributed by atoms with Gasteiger partial charge in [-0.2, -0.15) is 0 Å². The van der Waals surface area contributed by atoms with E-state index in [0.717, 1.165) is 16.7 Å². The van der Waals surface area contributed by atoms with Gasteiger partial charge in [-0.25, -0.2) is 0 Å². The van der Waals surface area contributed by atoms with Crippen molar-refractivity contribution in [3.63, 3.8) is 0 Å². The molecule has 5 heteroatoms. The first-order valence-electron chi connectivity index (χ1n) is 10.5.